The quantitative estimate of drug-likeness (QED) is 0.142. The van der Waals surface area contributed by atoms with Crippen LogP contribution in [0, 0.1) is 17.8 Å². The van der Waals surface area contributed by atoms with E-state index >= 15 is 0 Å². The summed E-state index contributed by atoms with van der Waals surface area (Å²) in [5, 5.41) is 4.41. The van der Waals surface area contributed by atoms with E-state index in [1.165, 1.54) is 11.9 Å². The number of amides is 4. The van der Waals surface area contributed by atoms with Gasteiger partial charge in [-0.2, -0.15) is 0 Å². The number of piperidine rings is 1. The normalized spacial score (nSPS) is 22.3. The van der Waals surface area contributed by atoms with Crippen LogP contribution in [-0.2, 0) is 19.2 Å². The first-order valence-electron chi connectivity index (χ1n) is 20.4. The number of benzene rings is 2. The molecule has 2 aromatic carbocycles. The average Bonchev–Trinajstić information content (AvgIpc) is 4.13. The van der Waals surface area contributed by atoms with Crippen molar-refractivity contribution in [3.63, 3.8) is 0 Å². The van der Waals surface area contributed by atoms with Gasteiger partial charge in [-0.1, -0.05) is 64.1 Å². The maximum Gasteiger partial charge on any atom is 0.256 e. The smallest absolute Gasteiger partial charge is 0.256 e. The van der Waals surface area contributed by atoms with E-state index in [1.807, 2.05) is 59.5 Å². The van der Waals surface area contributed by atoms with Crippen molar-refractivity contribution in [1.82, 2.24) is 24.8 Å². The van der Waals surface area contributed by atoms with Crippen LogP contribution in [0.15, 0.2) is 67.3 Å². The molecule has 2 aliphatic heterocycles. The van der Waals surface area contributed by atoms with Gasteiger partial charge in [-0.05, 0) is 80.9 Å². The van der Waals surface area contributed by atoms with Gasteiger partial charge >= 0.3 is 0 Å². The SMILES string of the molecule is C=CC1CC1(NC(=O)[C@@H]1CCCN1C(=O)CCC(=O)N1CCCC(C)C1)C(=O)NSC1CC1.CC(C)C.COc1ccc2c(OC)cc(-c3ccccc3)nc2c1. The highest BCUT2D eigenvalue weighted by molar-refractivity contribution is 7.98. The highest BCUT2D eigenvalue weighted by atomic mass is 32.2. The van der Waals surface area contributed by atoms with Crippen LogP contribution >= 0.6 is 11.9 Å². The number of nitrogens with one attached hydrogen (secondary N) is 2. The lowest BCUT2D eigenvalue weighted by molar-refractivity contribution is -0.141. The average molecular weight is 800 g/mol. The summed E-state index contributed by atoms with van der Waals surface area (Å²) in [6.07, 6.45) is 8.21. The highest BCUT2D eigenvalue weighted by Gasteiger charge is 2.60. The number of nitrogens with zero attached hydrogens (tertiary/aromatic N) is 3. The summed E-state index contributed by atoms with van der Waals surface area (Å²) in [5.74, 6) is 2.22. The van der Waals surface area contributed by atoms with Gasteiger partial charge in [0.05, 0.1) is 25.4 Å². The second-order valence-corrected chi connectivity index (χ2v) is 17.4. The Morgan fingerprint density at radius 1 is 0.947 bits per heavy atom. The lowest BCUT2D eigenvalue weighted by Gasteiger charge is -2.31. The molecular formula is C45H61N5O6S. The Bertz CT molecular complexity index is 1870. The van der Waals surface area contributed by atoms with Crippen LogP contribution in [0.5, 0.6) is 11.5 Å². The number of methoxy groups -OCH3 is 2. The summed E-state index contributed by atoms with van der Waals surface area (Å²) < 4.78 is 13.6. The van der Waals surface area contributed by atoms with E-state index in [1.54, 1.807) is 25.2 Å². The summed E-state index contributed by atoms with van der Waals surface area (Å²) in [6, 6.07) is 17.2. The van der Waals surface area contributed by atoms with Gasteiger partial charge in [0.1, 0.15) is 23.1 Å². The molecule has 4 atom stereocenters. The van der Waals surface area contributed by atoms with Crippen molar-refractivity contribution < 1.29 is 28.7 Å². The predicted molar refractivity (Wildman–Crippen MR) is 228 cm³/mol. The molecule has 7 rings (SSSR count). The number of hydrogen-bond acceptors (Lipinski definition) is 8. The number of carbonyl (C=O) groups is 4. The Morgan fingerprint density at radius 2 is 1.65 bits per heavy atom. The van der Waals surface area contributed by atoms with Gasteiger partial charge < -0.3 is 24.6 Å². The van der Waals surface area contributed by atoms with Crippen molar-refractivity contribution in [3.05, 3.63) is 67.3 Å². The molecule has 0 radical (unpaired) electrons. The lowest BCUT2D eigenvalue weighted by atomic mass is 10.00. The van der Waals surface area contributed by atoms with Crippen molar-refractivity contribution in [2.45, 2.75) is 102 Å². The first kappa shape index (κ1) is 43.5. The molecule has 3 heterocycles. The van der Waals surface area contributed by atoms with E-state index < -0.39 is 11.6 Å². The summed E-state index contributed by atoms with van der Waals surface area (Å²) in [4.78, 5) is 59.6. The number of pyridine rings is 1. The van der Waals surface area contributed by atoms with Crippen molar-refractivity contribution in [1.29, 1.82) is 0 Å². The molecule has 1 aromatic heterocycles. The summed E-state index contributed by atoms with van der Waals surface area (Å²) in [6.45, 7) is 14.5. The molecule has 4 amide bonds. The van der Waals surface area contributed by atoms with Gasteiger partial charge in [0.25, 0.3) is 5.91 Å². The first-order chi connectivity index (χ1) is 27.4. The molecular weight excluding hydrogens is 739 g/mol. The standard InChI is InChI=1S/C24H36N4O4S.C17H15NO2.C4H10/c1-3-17-14-24(17,23(32)26-33-18-8-9-18)25-22(31)19-7-5-13-28(19)21(30)11-10-20(29)27-12-4-6-16(2)15-27;1-19-13-8-9-14-16(10-13)18-15(11-17(14)20-2)12-6-4-3-5-7-12;1-4(2)3/h3,16-19H,1,4-15H2,2H3,(H,25,31)(H,26,32);3-11H,1-2H3;4H,1-3H3/t16?,17?,19-,24?;;/m0../s1. The maximum atomic E-state index is 13.2. The fourth-order valence-electron chi connectivity index (χ4n) is 7.25. The summed E-state index contributed by atoms with van der Waals surface area (Å²) >= 11 is 1.43. The third kappa shape index (κ3) is 11.7. The van der Waals surface area contributed by atoms with Crippen LogP contribution in [0.25, 0.3) is 22.2 Å². The van der Waals surface area contributed by atoms with Gasteiger partial charge in [-0.15, -0.1) is 6.58 Å². The molecule has 3 unspecified atom stereocenters. The summed E-state index contributed by atoms with van der Waals surface area (Å²) in [5.41, 5.74) is 1.86. The van der Waals surface area contributed by atoms with E-state index in [-0.39, 0.29) is 42.4 Å². The van der Waals surface area contributed by atoms with Crippen LogP contribution in [0.3, 0.4) is 0 Å². The minimum atomic E-state index is -0.959. The van der Waals surface area contributed by atoms with Crippen molar-refractivity contribution in [3.8, 4) is 22.8 Å². The molecule has 3 aromatic rings. The maximum absolute atomic E-state index is 13.2. The minimum Gasteiger partial charge on any atom is -0.497 e. The Balaban J connectivity index is 0.000000219. The highest BCUT2D eigenvalue weighted by Crippen LogP contribution is 2.46. The molecule has 12 heteroatoms. The third-order valence-electron chi connectivity index (χ3n) is 10.6. The molecule has 2 aliphatic carbocycles. The van der Waals surface area contributed by atoms with Crippen LogP contribution in [0.1, 0.15) is 85.5 Å². The lowest BCUT2D eigenvalue weighted by Crippen LogP contribution is -2.55. The van der Waals surface area contributed by atoms with Gasteiger partial charge in [-0.3, -0.25) is 23.9 Å². The Kier molecular flexibility index (Phi) is 15.4. The van der Waals surface area contributed by atoms with Crippen molar-refractivity contribution >= 4 is 46.5 Å². The molecule has 4 fully saturated rings. The predicted octanol–water partition coefficient (Wildman–Crippen LogP) is 7.59. The van der Waals surface area contributed by atoms with Crippen LogP contribution in [0.2, 0.25) is 0 Å². The number of hydrogen-bond donors (Lipinski definition) is 2. The molecule has 2 N–H and O–H groups in total. The van der Waals surface area contributed by atoms with Crippen molar-refractivity contribution in [2.24, 2.45) is 17.8 Å². The topological polar surface area (TPSA) is 130 Å². The molecule has 0 spiro atoms. The Labute approximate surface area is 342 Å². The molecule has 2 saturated carbocycles. The molecule has 308 valence electrons. The zero-order valence-corrected chi connectivity index (χ0v) is 35.4. The van der Waals surface area contributed by atoms with Gasteiger partial charge in [-0.25, -0.2) is 4.98 Å². The van der Waals surface area contributed by atoms with Gasteiger partial charge in [0.2, 0.25) is 17.7 Å². The number of carbonyl (C=O) groups excluding carboxylic acids is 4. The minimum absolute atomic E-state index is 0.0192. The van der Waals surface area contributed by atoms with E-state index in [2.05, 4.69) is 44.3 Å². The van der Waals surface area contributed by atoms with Crippen LogP contribution < -0.4 is 19.5 Å². The molecule has 0 bridgehead atoms. The Hall–Kier alpha value is -4.58. The molecule has 2 saturated heterocycles. The van der Waals surface area contributed by atoms with Gasteiger partial charge in [0.15, 0.2) is 0 Å². The molecule has 57 heavy (non-hydrogen) atoms. The zero-order chi connectivity index (χ0) is 41.1. The van der Waals surface area contributed by atoms with E-state index in [9.17, 15) is 19.2 Å². The van der Waals surface area contributed by atoms with Gasteiger partial charge in [0, 0.05) is 66.7 Å². The molecule has 11 nitrogen and oxygen atoms in total. The third-order valence-corrected chi connectivity index (χ3v) is 11.7. The molecule has 4 aliphatic rings. The number of likely N-dealkylation sites (tertiary alicyclic amines) is 2. The second kappa shape index (κ2) is 20.2. The summed E-state index contributed by atoms with van der Waals surface area (Å²) in [7, 11) is 3.33. The monoisotopic (exact) mass is 799 g/mol. The zero-order valence-electron chi connectivity index (χ0n) is 34.6. The Morgan fingerprint density at radius 3 is 2.28 bits per heavy atom. The second-order valence-electron chi connectivity index (χ2n) is 16.3. The first-order valence-corrected chi connectivity index (χ1v) is 21.3. The largest absolute Gasteiger partial charge is 0.497 e. The number of ether oxygens (including phenoxy) is 2. The van der Waals surface area contributed by atoms with E-state index in [0.717, 1.165) is 84.8 Å². The van der Waals surface area contributed by atoms with E-state index in [4.69, 9.17) is 14.5 Å². The van der Waals surface area contributed by atoms with Crippen LogP contribution in [-0.4, -0.2) is 89.1 Å². The fourth-order valence-corrected chi connectivity index (χ4v) is 8.08. The van der Waals surface area contributed by atoms with Crippen molar-refractivity contribution in [2.75, 3.05) is 33.9 Å². The van der Waals surface area contributed by atoms with Crippen LogP contribution in [0.4, 0.5) is 0 Å². The number of fused-ring (bicyclic) bond motifs is 1. The number of aromatic nitrogens is 1. The van der Waals surface area contributed by atoms with E-state index in [0.29, 0.717) is 30.6 Å². The number of rotatable bonds is 12. The fraction of sp³-hybridized carbons (Fsp3) is 0.533.